The third-order valence-corrected chi connectivity index (χ3v) is 4.92. The number of hydrazine groups is 1. The first-order chi connectivity index (χ1) is 9.26. The van der Waals surface area contributed by atoms with Gasteiger partial charge in [0.1, 0.15) is 5.03 Å². The normalized spacial score (nSPS) is 23.7. The van der Waals surface area contributed by atoms with Gasteiger partial charge in [0.15, 0.2) is 11.5 Å². The topological polar surface area (TPSA) is 68.2 Å². The van der Waals surface area contributed by atoms with Gasteiger partial charge in [-0.15, -0.1) is 0 Å². The summed E-state index contributed by atoms with van der Waals surface area (Å²) < 4.78 is 1.97. The van der Waals surface area contributed by atoms with E-state index in [0.29, 0.717) is 11.1 Å². The van der Waals surface area contributed by atoms with Crippen LogP contribution in [0.1, 0.15) is 32.6 Å². The van der Waals surface area contributed by atoms with Crippen LogP contribution >= 0.6 is 11.8 Å². The molecule has 1 fully saturated rings. The van der Waals surface area contributed by atoms with E-state index in [-0.39, 0.29) is 0 Å². The van der Waals surface area contributed by atoms with Crippen molar-refractivity contribution < 1.29 is 0 Å². The Hall–Kier alpha value is -1.27. The van der Waals surface area contributed by atoms with Gasteiger partial charge in [-0.25, -0.2) is 15.8 Å². The maximum absolute atomic E-state index is 5.48. The number of thioether (sulfide) groups is 1. The lowest BCUT2D eigenvalue weighted by atomic mass is 9.91. The average Bonchev–Trinajstić information content (AvgIpc) is 2.87. The average molecular weight is 277 g/mol. The molecule has 0 spiro atoms. The molecule has 2 heterocycles. The summed E-state index contributed by atoms with van der Waals surface area (Å²) >= 11 is 1.84. The highest BCUT2D eigenvalue weighted by Gasteiger charge is 2.21. The van der Waals surface area contributed by atoms with E-state index in [2.05, 4.69) is 22.3 Å². The van der Waals surface area contributed by atoms with Crippen molar-refractivity contribution in [3.8, 4) is 0 Å². The number of hydrogen-bond acceptors (Lipinski definition) is 5. The SMILES string of the molecule is CC1CCCC(Sc2nc(NN)cn3ccnc23)C1. The molecule has 6 heteroatoms. The standard InChI is InChI=1S/C13H19N5S/c1-9-3-2-4-10(7-9)19-13-12-15-5-6-18(12)8-11(16-13)17-14/h5-6,8-10,17H,2-4,7,14H2,1H3. The zero-order chi connectivity index (χ0) is 13.2. The molecule has 19 heavy (non-hydrogen) atoms. The summed E-state index contributed by atoms with van der Waals surface area (Å²) in [7, 11) is 0. The molecular formula is C13H19N5S. The summed E-state index contributed by atoms with van der Waals surface area (Å²) in [5, 5.41) is 1.62. The second kappa shape index (κ2) is 5.38. The van der Waals surface area contributed by atoms with Crippen LogP contribution in [0.15, 0.2) is 23.6 Å². The fourth-order valence-corrected chi connectivity index (χ4v) is 4.13. The zero-order valence-electron chi connectivity index (χ0n) is 11.0. The molecule has 3 N–H and O–H groups in total. The summed E-state index contributed by atoms with van der Waals surface area (Å²) in [5.41, 5.74) is 3.54. The zero-order valence-corrected chi connectivity index (χ0v) is 11.9. The van der Waals surface area contributed by atoms with E-state index in [1.807, 2.05) is 28.6 Å². The van der Waals surface area contributed by atoms with E-state index in [4.69, 9.17) is 5.84 Å². The number of nitrogens with two attached hydrogens (primary N) is 1. The second-order valence-corrected chi connectivity index (χ2v) is 6.53. The van der Waals surface area contributed by atoms with E-state index in [1.165, 1.54) is 25.7 Å². The minimum atomic E-state index is 0.643. The minimum absolute atomic E-state index is 0.643. The molecule has 0 bridgehead atoms. The highest BCUT2D eigenvalue weighted by Crippen LogP contribution is 2.36. The van der Waals surface area contributed by atoms with Gasteiger partial charge < -0.3 is 9.83 Å². The number of imidazole rings is 1. The Bertz CT molecular complexity index is 567. The van der Waals surface area contributed by atoms with Gasteiger partial charge in [0.25, 0.3) is 0 Å². The molecule has 2 unspecified atom stereocenters. The maximum atomic E-state index is 5.48. The molecule has 0 radical (unpaired) electrons. The molecule has 3 rings (SSSR count). The predicted molar refractivity (Wildman–Crippen MR) is 78.1 cm³/mol. The molecule has 0 amide bonds. The van der Waals surface area contributed by atoms with Gasteiger partial charge in [-0.1, -0.05) is 31.5 Å². The summed E-state index contributed by atoms with van der Waals surface area (Å²) in [6.45, 7) is 2.34. The lowest BCUT2D eigenvalue weighted by molar-refractivity contribution is 0.394. The number of nitrogen functional groups attached to an aromatic ring is 1. The number of fused-ring (bicyclic) bond motifs is 1. The Morgan fingerprint density at radius 2 is 2.37 bits per heavy atom. The third kappa shape index (κ3) is 2.69. The van der Waals surface area contributed by atoms with E-state index in [9.17, 15) is 0 Å². The van der Waals surface area contributed by atoms with Crippen LogP contribution in [0.3, 0.4) is 0 Å². The number of nitrogens with zero attached hydrogens (tertiary/aromatic N) is 3. The van der Waals surface area contributed by atoms with Gasteiger partial charge in [0, 0.05) is 17.6 Å². The van der Waals surface area contributed by atoms with Crippen LogP contribution in [0.5, 0.6) is 0 Å². The van der Waals surface area contributed by atoms with Crippen LogP contribution in [-0.4, -0.2) is 19.6 Å². The molecule has 0 saturated heterocycles. The van der Waals surface area contributed by atoms with Crippen LogP contribution in [-0.2, 0) is 0 Å². The van der Waals surface area contributed by atoms with Crippen molar-refractivity contribution in [2.45, 2.75) is 42.9 Å². The number of hydrogen-bond donors (Lipinski definition) is 2. The molecule has 0 aromatic carbocycles. The van der Waals surface area contributed by atoms with Crippen LogP contribution in [0.25, 0.3) is 5.65 Å². The van der Waals surface area contributed by atoms with Gasteiger partial charge in [0.05, 0.1) is 6.20 Å². The summed E-state index contributed by atoms with van der Waals surface area (Å²) in [6, 6.07) is 0. The molecule has 1 aliphatic carbocycles. The molecule has 2 aromatic heterocycles. The summed E-state index contributed by atoms with van der Waals surface area (Å²) in [4.78, 5) is 8.94. The van der Waals surface area contributed by atoms with Crippen molar-refractivity contribution in [1.29, 1.82) is 0 Å². The highest BCUT2D eigenvalue weighted by atomic mass is 32.2. The van der Waals surface area contributed by atoms with E-state index in [1.54, 1.807) is 6.20 Å². The summed E-state index contributed by atoms with van der Waals surface area (Å²) in [5.74, 6) is 6.97. The molecule has 5 nitrogen and oxygen atoms in total. The quantitative estimate of drug-likeness (QED) is 0.667. The molecule has 2 aromatic rings. The van der Waals surface area contributed by atoms with Crippen LogP contribution in [0, 0.1) is 5.92 Å². The Morgan fingerprint density at radius 3 is 3.16 bits per heavy atom. The third-order valence-electron chi connectivity index (χ3n) is 3.66. The highest BCUT2D eigenvalue weighted by molar-refractivity contribution is 8.00. The maximum Gasteiger partial charge on any atom is 0.169 e. The fraction of sp³-hybridized carbons (Fsp3) is 0.538. The van der Waals surface area contributed by atoms with Crippen molar-refractivity contribution in [2.24, 2.45) is 11.8 Å². The van der Waals surface area contributed by atoms with Crippen molar-refractivity contribution >= 4 is 23.2 Å². The number of rotatable bonds is 3. The number of aromatic nitrogens is 3. The molecule has 102 valence electrons. The van der Waals surface area contributed by atoms with Crippen LogP contribution in [0.2, 0.25) is 0 Å². The molecule has 0 aliphatic heterocycles. The predicted octanol–water partition coefficient (Wildman–Crippen LogP) is 2.69. The number of nitrogens with one attached hydrogen (secondary N) is 1. The Morgan fingerprint density at radius 1 is 1.47 bits per heavy atom. The van der Waals surface area contributed by atoms with Gasteiger partial charge in [-0.3, -0.25) is 0 Å². The fourth-order valence-electron chi connectivity index (χ4n) is 2.69. The minimum Gasteiger partial charge on any atom is -0.307 e. The summed E-state index contributed by atoms with van der Waals surface area (Å²) in [6.07, 6.45) is 10.8. The van der Waals surface area contributed by atoms with Gasteiger partial charge in [-0.05, 0) is 18.8 Å². The van der Waals surface area contributed by atoms with E-state index in [0.717, 1.165) is 16.6 Å². The Kier molecular flexibility index (Phi) is 3.61. The first kappa shape index (κ1) is 12.7. The largest absolute Gasteiger partial charge is 0.307 e. The van der Waals surface area contributed by atoms with Crippen molar-refractivity contribution in [2.75, 3.05) is 5.43 Å². The number of anilines is 1. The monoisotopic (exact) mass is 277 g/mol. The van der Waals surface area contributed by atoms with Gasteiger partial charge >= 0.3 is 0 Å². The second-order valence-electron chi connectivity index (χ2n) is 5.25. The van der Waals surface area contributed by atoms with Crippen molar-refractivity contribution in [1.82, 2.24) is 14.4 Å². The van der Waals surface area contributed by atoms with Crippen molar-refractivity contribution in [3.05, 3.63) is 18.6 Å². The molecular weight excluding hydrogens is 258 g/mol. The lowest BCUT2D eigenvalue weighted by Gasteiger charge is -2.25. The lowest BCUT2D eigenvalue weighted by Crippen LogP contribution is -2.16. The van der Waals surface area contributed by atoms with E-state index >= 15 is 0 Å². The van der Waals surface area contributed by atoms with Crippen molar-refractivity contribution in [3.63, 3.8) is 0 Å². The first-order valence-corrected chi connectivity index (χ1v) is 7.61. The molecule has 2 atom stereocenters. The first-order valence-electron chi connectivity index (χ1n) is 6.73. The van der Waals surface area contributed by atoms with Crippen LogP contribution < -0.4 is 11.3 Å². The van der Waals surface area contributed by atoms with E-state index < -0.39 is 0 Å². The van der Waals surface area contributed by atoms with Crippen LogP contribution in [0.4, 0.5) is 5.82 Å². The Labute approximate surface area is 117 Å². The van der Waals surface area contributed by atoms with Gasteiger partial charge in [-0.2, -0.15) is 0 Å². The molecule has 1 saturated carbocycles. The van der Waals surface area contributed by atoms with Gasteiger partial charge in [0.2, 0.25) is 0 Å². The Balaban J connectivity index is 1.88. The smallest absolute Gasteiger partial charge is 0.169 e. The molecule has 1 aliphatic rings.